The van der Waals surface area contributed by atoms with Crippen molar-refractivity contribution in [3.8, 4) is 0 Å². The molecular weight excluding hydrogens is 420 g/mol. The molecule has 150 valence electrons. The molecule has 0 aliphatic rings. The molecule has 1 aromatic heterocycles. The molecule has 0 unspecified atom stereocenters. The topological polar surface area (TPSA) is 86.9 Å². The first-order chi connectivity index (χ1) is 14.6. The van der Waals surface area contributed by atoms with Gasteiger partial charge in [0.1, 0.15) is 0 Å². The van der Waals surface area contributed by atoms with E-state index >= 15 is 0 Å². The minimum Gasteiger partial charge on any atom is -0.333 e. The Hall–Kier alpha value is -3.29. The highest BCUT2D eigenvalue weighted by molar-refractivity contribution is 7.99. The summed E-state index contributed by atoms with van der Waals surface area (Å²) in [6.45, 7) is 0. The third-order valence-corrected chi connectivity index (χ3v) is 5.31. The van der Waals surface area contributed by atoms with Gasteiger partial charge in [-0.05, 0) is 48.5 Å². The second-order valence-corrected chi connectivity index (χ2v) is 7.84. The van der Waals surface area contributed by atoms with Crippen molar-refractivity contribution in [2.45, 2.75) is 5.16 Å². The van der Waals surface area contributed by atoms with E-state index < -0.39 is 0 Å². The van der Waals surface area contributed by atoms with Crippen LogP contribution in [0.2, 0.25) is 5.02 Å². The Labute approximate surface area is 182 Å². The van der Waals surface area contributed by atoms with Gasteiger partial charge in [0.15, 0.2) is 5.16 Å². The van der Waals surface area contributed by atoms with E-state index in [1.165, 1.54) is 11.8 Å². The number of carbonyl (C=O) groups excluding carboxylic acids is 2. The third-order valence-electron chi connectivity index (χ3n) is 4.20. The summed E-state index contributed by atoms with van der Waals surface area (Å²) in [5, 5.41) is 6.82. The molecule has 0 radical (unpaired) electrons. The SMILES string of the molecule is O=C(CSc1nc2ccccc2[nH]1)Nc1cccc(C(=O)Nc2cccc(Cl)c2)c1. The second kappa shape index (κ2) is 9.02. The Morgan fingerprint density at radius 2 is 1.70 bits per heavy atom. The molecule has 2 amide bonds. The smallest absolute Gasteiger partial charge is 0.255 e. The molecule has 3 aromatic carbocycles. The zero-order valence-electron chi connectivity index (χ0n) is 15.7. The van der Waals surface area contributed by atoms with Gasteiger partial charge in [-0.1, -0.05) is 47.6 Å². The number of aromatic amines is 1. The lowest BCUT2D eigenvalue weighted by atomic mass is 10.2. The van der Waals surface area contributed by atoms with Crippen LogP contribution in [0.25, 0.3) is 11.0 Å². The highest BCUT2D eigenvalue weighted by atomic mass is 35.5. The Morgan fingerprint density at radius 1 is 0.933 bits per heavy atom. The molecule has 0 saturated heterocycles. The number of hydrogen-bond acceptors (Lipinski definition) is 4. The van der Waals surface area contributed by atoms with Crippen LogP contribution in [0.5, 0.6) is 0 Å². The van der Waals surface area contributed by atoms with Gasteiger partial charge < -0.3 is 15.6 Å². The Bertz CT molecular complexity index is 1190. The van der Waals surface area contributed by atoms with Gasteiger partial charge >= 0.3 is 0 Å². The number of fused-ring (bicyclic) bond motifs is 1. The van der Waals surface area contributed by atoms with Crippen LogP contribution < -0.4 is 10.6 Å². The number of carbonyl (C=O) groups is 2. The number of rotatable bonds is 6. The van der Waals surface area contributed by atoms with Crippen LogP contribution in [0, 0.1) is 0 Å². The maximum atomic E-state index is 12.5. The van der Waals surface area contributed by atoms with Crippen molar-refractivity contribution in [2.75, 3.05) is 16.4 Å². The fourth-order valence-corrected chi connectivity index (χ4v) is 3.71. The standard InChI is InChI=1S/C22H17ClN4O2S/c23-15-6-4-8-17(12-15)25-21(29)14-5-3-7-16(11-14)24-20(28)13-30-22-26-18-9-1-2-10-19(18)27-22/h1-12H,13H2,(H,24,28)(H,25,29)(H,26,27). The molecule has 0 fully saturated rings. The van der Waals surface area contributed by atoms with Crippen molar-refractivity contribution in [1.29, 1.82) is 0 Å². The van der Waals surface area contributed by atoms with Crippen molar-refractivity contribution in [1.82, 2.24) is 9.97 Å². The van der Waals surface area contributed by atoms with Gasteiger partial charge in [-0.2, -0.15) is 0 Å². The minimum absolute atomic E-state index is 0.187. The number of imidazole rings is 1. The fraction of sp³-hybridized carbons (Fsp3) is 0.0455. The van der Waals surface area contributed by atoms with Gasteiger partial charge in [0, 0.05) is 22.0 Å². The number of H-pyrrole nitrogens is 1. The predicted octanol–water partition coefficient (Wildman–Crippen LogP) is 5.20. The third kappa shape index (κ3) is 5.00. The van der Waals surface area contributed by atoms with Crippen molar-refractivity contribution in [3.63, 3.8) is 0 Å². The van der Waals surface area contributed by atoms with Crippen molar-refractivity contribution < 1.29 is 9.59 Å². The molecule has 0 atom stereocenters. The van der Waals surface area contributed by atoms with Crippen molar-refractivity contribution in [2.24, 2.45) is 0 Å². The molecule has 0 aliphatic carbocycles. The lowest BCUT2D eigenvalue weighted by Crippen LogP contribution is -2.16. The van der Waals surface area contributed by atoms with Gasteiger partial charge in [-0.15, -0.1) is 0 Å². The van der Waals surface area contributed by atoms with Crippen LogP contribution in [0.4, 0.5) is 11.4 Å². The van der Waals surface area contributed by atoms with Crippen LogP contribution in [0.1, 0.15) is 10.4 Å². The number of hydrogen-bond donors (Lipinski definition) is 3. The largest absolute Gasteiger partial charge is 0.333 e. The molecule has 3 N–H and O–H groups in total. The fourth-order valence-electron chi connectivity index (χ4n) is 2.84. The van der Waals surface area contributed by atoms with Crippen LogP contribution in [0.15, 0.2) is 78.0 Å². The zero-order valence-corrected chi connectivity index (χ0v) is 17.3. The summed E-state index contributed by atoms with van der Waals surface area (Å²) in [6.07, 6.45) is 0. The Balaban J connectivity index is 1.36. The van der Waals surface area contributed by atoms with E-state index in [1.54, 1.807) is 48.5 Å². The van der Waals surface area contributed by atoms with E-state index in [0.717, 1.165) is 11.0 Å². The predicted molar refractivity (Wildman–Crippen MR) is 121 cm³/mol. The number of para-hydroxylation sites is 2. The molecule has 0 spiro atoms. The molecule has 0 bridgehead atoms. The van der Waals surface area contributed by atoms with E-state index in [0.29, 0.717) is 27.1 Å². The van der Waals surface area contributed by atoms with E-state index in [1.807, 2.05) is 24.3 Å². The summed E-state index contributed by atoms with van der Waals surface area (Å²) in [4.78, 5) is 32.4. The molecule has 30 heavy (non-hydrogen) atoms. The molecule has 4 aromatic rings. The van der Waals surface area contributed by atoms with Crippen LogP contribution >= 0.6 is 23.4 Å². The Kier molecular flexibility index (Phi) is 6.02. The van der Waals surface area contributed by atoms with Gasteiger partial charge in [-0.25, -0.2) is 4.98 Å². The van der Waals surface area contributed by atoms with Crippen molar-refractivity contribution in [3.05, 3.63) is 83.4 Å². The molecule has 8 heteroatoms. The van der Waals surface area contributed by atoms with Crippen LogP contribution in [-0.2, 0) is 4.79 Å². The average Bonchev–Trinajstić information content (AvgIpc) is 3.15. The summed E-state index contributed by atoms with van der Waals surface area (Å²) in [5.74, 6) is -0.281. The zero-order chi connectivity index (χ0) is 20.9. The molecule has 6 nitrogen and oxygen atoms in total. The lowest BCUT2D eigenvalue weighted by Gasteiger charge is -2.08. The number of aromatic nitrogens is 2. The number of nitrogens with zero attached hydrogens (tertiary/aromatic N) is 1. The number of benzene rings is 3. The first-order valence-corrected chi connectivity index (χ1v) is 10.5. The summed E-state index contributed by atoms with van der Waals surface area (Å²) in [6, 6.07) is 21.4. The van der Waals surface area contributed by atoms with Gasteiger partial charge in [0.25, 0.3) is 5.91 Å². The summed E-state index contributed by atoms with van der Waals surface area (Å²) in [7, 11) is 0. The van der Waals surface area contributed by atoms with E-state index in [2.05, 4.69) is 20.6 Å². The normalized spacial score (nSPS) is 10.7. The molecule has 1 heterocycles. The van der Waals surface area contributed by atoms with Gasteiger partial charge in [0.05, 0.1) is 16.8 Å². The van der Waals surface area contributed by atoms with E-state index in [9.17, 15) is 9.59 Å². The van der Waals surface area contributed by atoms with E-state index in [-0.39, 0.29) is 17.6 Å². The highest BCUT2D eigenvalue weighted by Crippen LogP contribution is 2.20. The first kappa shape index (κ1) is 20.0. The Morgan fingerprint density at radius 3 is 2.50 bits per heavy atom. The molecule has 0 aliphatic heterocycles. The number of thioether (sulfide) groups is 1. The van der Waals surface area contributed by atoms with Gasteiger partial charge in [0.2, 0.25) is 5.91 Å². The summed E-state index contributed by atoms with van der Waals surface area (Å²) < 4.78 is 0. The lowest BCUT2D eigenvalue weighted by molar-refractivity contribution is -0.113. The highest BCUT2D eigenvalue weighted by Gasteiger charge is 2.10. The maximum absolute atomic E-state index is 12.5. The monoisotopic (exact) mass is 436 g/mol. The summed E-state index contributed by atoms with van der Waals surface area (Å²) in [5.41, 5.74) is 3.36. The first-order valence-electron chi connectivity index (χ1n) is 9.11. The maximum Gasteiger partial charge on any atom is 0.255 e. The second-order valence-electron chi connectivity index (χ2n) is 6.44. The van der Waals surface area contributed by atoms with Crippen LogP contribution in [-0.4, -0.2) is 27.5 Å². The van der Waals surface area contributed by atoms with Crippen LogP contribution in [0.3, 0.4) is 0 Å². The molecule has 0 saturated carbocycles. The number of nitrogens with one attached hydrogen (secondary N) is 3. The van der Waals surface area contributed by atoms with Crippen molar-refractivity contribution >= 4 is 57.6 Å². The number of halogens is 1. The van der Waals surface area contributed by atoms with Gasteiger partial charge in [-0.3, -0.25) is 9.59 Å². The average molecular weight is 437 g/mol. The molecular formula is C22H17ClN4O2S. The number of amides is 2. The number of anilines is 2. The quantitative estimate of drug-likeness (QED) is 0.362. The minimum atomic E-state index is -0.287. The van der Waals surface area contributed by atoms with E-state index in [4.69, 9.17) is 11.6 Å². The summed E-state index contributed by atoms with van der Waals surface area (Å²) >= 11 is 7.26. The molecule has 4 rings (SSSR count).